The lowest BCUT2D eigenvalue weighted by atomic mass is 10.2. The summed E-state index contributed by atoms with van der Waals surface area (Å²) in [6, 6.07) is 4.86. The Morgan fingerprint density at radius 2 is 2.25 bits per heavy atom. The normalized spacial score (nSPS) is 10.7. The van der Waals surface area contributed by atoms with Crippen molar-refractivity contribution in [3.63, 3.8) is 0 Å². The van der Waals surface area contributed by atoms with Crippen LogP contribution in [0.25, 0.3) is 0 Å². The van der Waals surface area contributed by atoms with E-state index >= 15 is 0 Å². The molecule has 0 saturated heterocycles. The summed E-state index contributed by atoms with van der Waals surface area (Å²) in [4.78, 5) is 3.95. The average molecular weight is 241 g/mol. The summed E-state index contributed by atoms with van der Waals surface area (Å²) < 4.78 is 15.1. The van der Waals surface area contributed by atoms with Crippen molar-refractivity contribution in [3.05, 3.63) is 46.8 Å². The van der Waals surface area contributed by atoms with E-state index in [-0.39, 0.29) is 11.6 Å². The molecule has 4 nitrogen and oxygen atoms in total. The number of nitrogens with two attached hydrogens (primary N) is 1. The van der Waals surface area contributed by atoms with Crippen LogP contribution in [0, 0.1) is 5.82 Å². The highest BCUT2D eigenvalue weighted by Crippen LogP contribution is 2.18. The van der Waals surface area contributed by atoms with Gasteiger partial charge in [-0.15, -0.1) is 0 Å². The predicted molar refractivity (Wildman–Crippen MR) is 58.4 cm³/mol. The molecule has 0 radical (unpaired) electrons. The van der Waals surface area contributed by atoms with Gasteiger partial charge in [0.15, 0.2) is 5.82 Å². The monoisotopic (exact) mass is 240 g/mol. The summed E-state index contributed by atoms with van der Waals surface area (Å²) in [7, 11) is 0. The molecule has 6 heteroatoms. The van der Waals surface area contributed by atoms with E-state index in [1.54, 1.807) is 12.1 Å². The minimum atomic E-state index is -0.422. The number of hydrogen-bond donors (Lipinski definition) is 1. The van der Waals surface area contributed by atoms with Crippen LogP contribution in [-0.2, 0) is 13.1 Å². The zero-order chi connectivity index (χ0) is 11.5. The second kappa shape index (κ2) is 4.59. The van der Waals surface area contributed by atoms with Crippen molar-refractivity contribution < 1.29 is 4.39 Å². The summed E-state index contributed by atoms with van der Waals surface area (Å²) in [6.45, 7) is 0.560. The van der Waals surface area contributed by atoms with Gasteiger partial charge in [0.1, 0.15) is 12.1 Å². The van der Waals surface area contributed by atoms with Crippen molar-refractivity contribution in [2.45, 2.75) is 13.1 Å². The number of halogens is 2. The zero-order valence-electron chi connectivity index (χ0n) is 8.40. The standard InChI is InChI=1S/C10H10ClFN4/c11-8-3-1-2-7(10(8)12)5-16-6-14-9(4-13)15-16/h1-3,6H,4-5,13H2. The van der Waals surface area contributed by atoms with Crippen LogP contribution >= 0.6 is 11.6 Å². The molecule has 1 aromatic carbocycles. The second-order valence-corrected chi connectivity index (χ2v) is 3.68. The van der Waals surface area contributed by atoms with E-state index < -0.39 is 5.82 Å². The molecule has 84 valence electrons. The van der Waals surface area contributed by atoms with Crippen LogP contribution in [0.2, 0.25) is 5.02 Å². The summed E-state index contributed by atoms with van der Waals surface area (Å²) >= 11 is 5.67. The molecule has 0 aliphatic carbocycles. The Bertz CT molecular complexity index is 497. The van der Waals surface area contributed by atoms with Gasteiger partial charge in [0.25, 0.3) is 0 Å². The molecule has 0 unspecified atom stereocenters. The molecule has 0 atom stereocenters. The lowest BCUT2D eigenvalue weighted by Gasteiger charge is -2.03. The molecule has 2 rings (SSSR count). The predicted octanol–water partition coefficient (Wildman–Crippen LogP) is 1.58. The van der Waals surface area contributed by atoms with Gasteiger partial charge >= 0.3 is 0 Å². The summed E-state index contributed by atoms with van der Waals surface area (Å²) in [5.74, 6) is 0.108. The fraction of sp³-hybridized carbons (Fsp3) is 0.200. The van der Waals surface area contributed by atoms with Crippen LogP contribution < -0.4 is 5.73 Å². The van der Waals surface area contributed by atoms with Gasteiger partial charge in [-0.2, -0.15) is 5.10 Å². The Kier molecular flexibility index (Phi) is 3.17. The Hall–Kier alpha value is -1.46. The van der Waals surface area contributed by atoms with Crippen molar-refractivity contribution >= 4 is 11.6 Å². The zero-order valence-corrected chi connectivity index (χ0v) is 9.15. The smallest absolute Gasteiger partial charge is 0.164 e. The first kappa shape index (κ1) is 11.0. The van der Waals surface area contributed by atoms with Crippen molar-refractivity contribution in [2.24, 2.45) is 5.73 Å². The van der Waals surface area contributed by atoms with Crippen LogP contribution in [0.3, 0.4) is 0 Å². The quantitative estimate of drug-likeness (QED) is 0.886. The Balaban J connectivity index is 2.23. The number of aromatic nitrogens is 3. The van der Waals surface area contributed by atoms with Crippen molar-refractivity contribution in [2.75, 3.05) is 0 Å². The van der Waals surface area contributed by atoms with Crippen molar-refractivity contribution in [1.82, 2.24) is 14.8 Å². The van der Waals surface area contributed by atoms with E-state index in [0.29, 0.717) is 17.9 Å². The van der Waals surface area contributed by atoms with E-state index in [0.717, 1.165) is 0 Å². The molecule has 2 aromatic rings. The van der Waals surface area contributed by atoms with Crippen LogP contribution in [-0.4, -0.2) is 14.8 Å². The topological polar surface area (TPSA) is 56.7 Å². The third kappa shape index (κ3) is 2.20. The first-order valence-electron chi connectivity index (χ1n) is 4.72. The molecule has 16 heavy (non-hydrogen) atoms. The molecule has 0 saturated carbocycles. The Morgan fingerprint density at radius 3 is 2.94 bits per heavy atom. The lowest BCUT2D eigenvalue weighted by molar-refractivity contribution is 0.583. The molecule has 0 fully saturated rings. The van der Waals surface area contributed by atoms with Gasteiger partial charge in [0.05, 0.1) is 18.1 Å². The second-order valence-electron chi connectivity index (χ2n) is 3.28. The van der Waals surface area contributed by atoms with E-state index in [2.05, 4.69) is 10.1 Å². The van der Waals surface area contributed by atoms with E-state index in [4.69, 9.17) is 17.3 Å². The Labute approximate surface area is 96.9 Å². The van der Waals surface area contributed by atoms with E-state index in [9.17, 15) is 4.39 Å². The molecule has 0 aliphatic rings. The van der Waals surface area contributed by atoms with Crippen LogP contribution in [0.4, 0.5) is 4.39 Å². The Morgan fingerprint density at radius 1 is 1.44 bits per heavy atom. The van der Waals surface area contributed by atoms with E-state index in [1.165, 1.54) is 17.1 Å². The molecule has 0 bridgehead atoms. The average Bonchev–Trinajstić information content (AvgIpc) is 2.73. The van der Waals surface area contributed by atoms with Crippen LogP contribution in [0.15, 0.2) is 24.5 Å². The highest BCUT2D eigenvalue weighted by Gasteiger charge is 2.07. The largest absolute Gasteiger partial charge is 0.324 e. The molecular formula is C10H10ClFN4. The molecular weight excluding hydrogens is 231 g/mol. The fourth-order valence-corrected chi connectivity index (χ4v) is 1.54. The maximum absolute atomic E-state index is 13.6. The van der Waals surface area contributed by atoms with Crippen molar-refractivity contribution in [1.29, 1.82) is 0 Å². The van der Waals surface area contributed by atoms with Gasteiger partial charge in [-0.1, -0.05) is 23.7 Å². The summed E-state index contributed by atoms with van der Waals surface area (Å²) in [5, 5.41) is 4.17. The number of nitrogens with zero attached hydrogens (tertiary/aromatic N) is 3. The molecule has 0 spiro atoms. The third-order valence-corrected chi connectivity index (χ3v) is 2.42. The highest BCUT2D eigenvalue weighted by molar-refractivity contribution is 6.30. The van der Waals surface area contributed by atoms with Crippen LogP contribution in [0.5, 0.6) is 0 Å². The molecule has 1 aromatic heterocycles. The molecule has 0 amide bonds. The minimum absolute atomic E-state index is 0.108. The minimum Gasteiger partial charge on any atom is -0.324 e. The van der Waals surface area contributed by atoms with Gasteiger partial charge in [0.2, 0.25) is 0 Å². The van der Waals surface area contributed by atoms with E-state index in [1.807, 2.05) is 0 Å². The van der Waals surface area contributed by atoms with Gasteiger partial charge < -0.3 is 5.73 Å². The lowest BCUT2D eigenvalue weighted by Crippen LogP contribution is -2.05. The van der Waals surface area contributed by atoms with Gasteiger partial charge in [-0.3, -0.25) is 0 Å². The van der Waals surface area contributed by atoms with Crippen molar-refractivity contribution in [3.8, 4) is 0 Å². The third-order valence-electron chi connectivity index (χ3n) is 2.13. The number of hydrogen-bond acceptors (Lipinski definition) is 3. The highest BCUT2D eigenvalue weighted by atomic mass is 35.5. The molecule has 2 N–H and O–H groups in total. The molecule has 1 heterocycles. The summed E-state index contributed by atoms with van der Waals surface area (Å²) in [6.07, 6.45) is 1.52. The van der Waals surface area contributed by atoms with Gasteiger partial charge in [0, 0.05) is 5.56 Å². The van der Waals surface area contributed by atoms with Gasteiger partial charge in [-0.05, 0) is 6.07 Å². The summed E-state index contributed by atoms with van der Waals surface area (Å²) in [5.41, 5.74) is 5.85. The first-order valence-corrected chi connectivity index (χ1v) is 5.10. The SMILES string of the molecule is NCc1ncn(Cc2cccc(Cl)c2F)n1. The van der Waals surface area contributed by atoms with Gasteiger partial charge in [-0.25, -0.2) is 14.1 Å². The fourth-order valence-electron chi connectivity index (χ4n) is 1.35. The number of rotatable bonds is 3. The van der Waals surface area contributed by atoms with Crippen LogP contribution in [0.1, 0.15) is 11.4 Å². The maximum Gasteiger partial charge on any atom is 0.164 e. The number of benzene rings is 1. The maximum atomic E-state index is 13.6. The first-order chi connectivity index (χ1) is 7.70. The molecule has 0 aliphatic heterocycles.